The molecule has 1 rings (SSSR count). The number of hydrogen-bond acceptors (Lipinski definition) is 4. The van der Waals surface area contributed by atoms with Crippen LogP contribution in [0.15, 0.2) is 22.0 Å². The van der Waals surface area contributed by atoms with Gasteiger partial charge in [0, 0.05) is 24.3 Å². The molecule has 5 N–H and O–H groups in total. The second kappa shape index (κ2) is 6.23. The summed E-state index contributed by atoms with van der Waals surface area (Å²) in [4.78, 5) is 15.4. The van der Waals surface area contributed by atoms with E-state index >= 15 is 0 Å². The van der Waals surface area contributed by atoms with Gasteiger partial charge in [-0.1, -0.05) is 6.92 Å². The van der Waals surface area contributed by atoms with Crippen LogP contribution >= 0.6 is 0 Å². The second-order valence-corrected chi connectivity index (χ2v) is 6.90. The van der Waals surface area contributed by atoms with E-state index < -0.39 is 21.7 Å². The van der Waals surface area contributed by atoms with Crippen LogP contribution in [-0.2, 0) is 9.84 Å². The van der Waals surface area contributed by atoms with Gasteiger partial charge in [0.05, 0.1) is 4.90 Å². The maximum Gasteiger partial charge on any atom is 0.280 e. The topological polar surface area (TPSA) is 136 Å². The van der Waals surface area contributed by atoms with Crippen LogP contribution in [0.25, 0.3) is 0 Å². The molecule has 0 spiro atoms. The van der Waals surface area contributed by atoms with Crippen LogP contribution in [0.1, 0.15) is 34.3 Å². The summed E-state index contributed by atoms with van der Waals surface area (Å²) in [5.74, 6) is -1.44. The molecule has 7 nitrogen and oxygen atoms in total. The number of amides is 1. The predicted octanol–water partition coefficient (Wildman–Crippen LogP) is -0.0921. The number of aliphatic hydroxyl groups is 1. The van der Waals surface area contributed by atoms with Gasteiger partial charge in [0.25, 0.3) is 5.91 Å². The average Bonchev–Trinajstić information content (AvgIpc) is 2.35. The number of nitrogens with two attached hydrogens (primary N) is 2. The SMILES string of the molecule is Cc1c(C(=O)N=C(N)N)cc(S(C)(=O)=O)cc1C(C)CO. The van der Waals surface area contributed by atoms with Crippen LogP contribution in [0.4, 0.5) is 0 Å². The molecule has 1 amide bonds. The van der Waals surface area contributed by atoms with E-state index in [1.54, 1.807) is 13.8 Å². The highest BCUT2D eigenvalue weighted by atomic mass is 32.2. The number of carbonyl (C=O) groups excluding carboxylic acids is 1. The van der Waals surface area contributed by atoms with Crippen LogP contribution in [0.2, 0.25) is 0 Å². The fourth-order valence-electron chi connectivity index (χ4n) is 1.93. The molecule has 0 saturated heterocycles. The zero-order chi connectivity index (χ0) is 16.4. The van der Waals surface area contributed by atoms with Crippen molar-refractivity contribution in [2.45, 2.75) is 24.7 Å². The zero-order valence-corrected chi connectivity index (χ0v) is 12.9. The summed E-state index contributed by atoms with van der Waals surface area (Å²) in [6.07, 6.45) is 1.04. The van der Waals surface area contributed by atoms with E-state index in [0.717, 1.165) is 6.26 Å². The lowest BCUT2D eigenvalue weighted by Crippen LogP contribution is -2.24. The number of rotatable bonds is 4. The Bertz CT molecular complexity index is 692. The first kappa shape index (κ1) is 17.1. The van der Waals surface area contributed by atoms with Crippen molar-refractivity contribution in [3.63, 3.8) is 0 Å². The summed E-state index contributed by atoms with van der Waals surface area (Å²) in [5.41, 5.74) is 11.6. The van der Waals surface area contributed by atoms with Gasteiger partial charge in [0.2, 0.25) is 0 Å². The van der Waals surface area contributed by atoms with Crippen LogP contribution in [0.3, 0.4) is 0 Å². The van der Waals surface area contributed by atoms with Gasteiger partial charge in [-0.2, -0.15) is 4.99 Å². The lowest BCUT2D eigenvalue weighted by atomic mass is 9.93. The van der Waals surface area contributed by atoms with E-state index in [4.69, 9.17) is 11.5 Å². The number of carbonyl (C=O) groups is 1. The highest BCUT2D eigenvalue weighted by molar-refractivity contribution is 7.90. The minimum absolute atomic E-state index is 0.0162. The summed E-state index contributed by atoms with van der Waals surface area (Å²) in [6, 6.07) is 2.70. The third-order valence-corrected chi connectivity index (χ3v) is 4.21. The molecule has 8 heteroatoms. The van der Waals surface area contributed by atoms with Crippen molar-refractivity contribution in [3.8, 4) is 0 Å². The molecular weight excluding hydrogens is 294 g/mol. The molecule has 0 aliphatic rings. The van der Waals surface area contributed by atoms with E-state index in [2.05, 4.69) is 4.99 Å². The smallest absolute Gasteiger partial charge is 0.280 e. The monoisotopic (exact) mass is 313 g/mol. The lowest BCUT2D eigenvalue weighted by Gasteiger charge is -2.16. The number of nitrogens with zero attached hydrogens (tertiary/aromatic N) is 1. The minimum Gasteiger partial charge on any atom is -0.396 e. The quantitative estimate of drug-likeness (QED) is 0.525. The molecule has 116 valence electrons. The number of benzene rings is 1. The molecule has 1 aromatic carbocycles. The van der Waals surface area contributed by atoms with Crippen LogP contribution in [0, 0.1) is 6.92 Å². The van der Waals surface area contributed by atoms with Gasteiger partial charge < -0.3 is 16.6 Å². The van der Waals surface area contributed by atoms with Gasteiger partial charge in [-0.15, -0.1) is 0 Å². The standard InChI is InChI=1S/C13H19N3O4S/c1-7(6-17)10-4-9(21(3,19)20)5-11(8(10)2)12(18)16-13(14)15/h4-5,7,17H,6H2,1-3H3,(H4,14,15,16,18). The maximum absolute atomic E-state index is 12.0. The fourth-order valence-corrected chi connectivity index (χ4v) is 2.61. The van der Waals surface area contributed by atoms with Gasteiger partial charge in [0.15, 0.2) is 15.8 Å². The molecule has 0 aliphatic heterocycles. The summed E-state index contributed by atoms with van der Waals surface area (Å²) < 4.78 is 23.5. The summed E-state index contributed by atoms with van der Waals surface area (Å²) >= 11 is 0. The Hall–Kier alpha value is -1.93. The normalized spacial score (nSPS) is 12.8. The molecule has 0 saturated carbocycles. The molecule has 0 fully saturated rings. The molecule has 1 atom stereocenters. The first-order chi connectivity index (χ1) is 9.57. The van der Waals surface area contributed by atoms with Crippen LogP contribution < -0.4 is 11.5 Å². The van der Waals surface area contributed by atoms with Gasteiger partial charge in [-0.3, -0.25) is 4.79 Å². The third kappa shape index (κ3) is 4.02. The third-order valence-electron chi connectivity index (χ3n) is 3.12. The Labute approximate surface area is 123 Å². The lowest BCUT2D eigenvalue weighted by molar-refractivity contribution is 0.100. The molecule has 0 aliphatic carbocycles. The molecule has 0 heterocycles. The highest BCUT2D eigenvalue weighted by Crippen LogP contribution is 2.27. The molecule has 0 aromatic heterocycles. The second-order valence-electron chi connectivity index (χ2n) is 4.88. The Morgan fingerprint density at radius 1 is 1.38 bits per heavy atom. The van der Waals surface area contributed by atoms with E-state index in [1.165, 1.54) is 12.1 Å². The number of guanidine groups is 1. The van der Waals surface area contributed by atoms with Gasteiger partial charge in [-0.25, -0.2) is 8.42 Å². The first-order valence-corrected chi connectivity index (χ1v) is 8.06. The zero-order valence-electron chi connectivity index (χ0n) is 12.1. The highest BCUT2D eigenvalue weighted by Gasteiger charge is 2.20. The van der Waals surface area contributed by atoms with Crippen LogP contribution in [-0.4, -0.2) is 38.3 Å². The number of hydrogen-bond donors (Lipinski definition) is 3. The number of aliphatic imine (C=N–C) groups is 1. The molecule has 1 unspecified atom stereocenters. The molecular formula is C13H19N3O4S. The van der Waals surface area contributed by atoms with Crippen molar-refractivity contribution < 1.29 is 18.3 Å². The largest absolute Gasteiger partial charge is 0.396 e. The molecule has 0 radical (unpaired) electrons. The van der Waals surface area contributed by atoms with E-state index in [-0.39, 0.29) is 23.0 Å². The molecule has 21 heavy (non-hydrogen) atoms. The van der Waals surface area contributed by atoms with Gasteiger partial charge >= 0.3 is 0 Å². The minimum atomic E-state index is -3.51. The van der Waals surface area contributed by atoms with Gasteiger partial charge in [0.1, 0.15) is 0 Å². The summed E-state index contributed by atoms with van der Waals surface area (Å²) in [5, 5.41) is 9.28. The van der Waals surface area contributed by atoms with Crippen molar-refractivity contribution in [1.82, 2.24) is 0 Å². The van der Waals surface area contributed by atoms with Crippen molar-refractivity contribution in [2.24, 2.45) is 16.5 Å². The predicted molar refractivity (Wildman–Crippen MR) is 79.9 cm³/mol. The maximum atomic E-state index is 12.0. The van der Waals surface area contributed by atoms with E-state index in [9.17, 15) is 18.3 Å². The summed E-state index contributed by atoms with van der Waals surface area (Å²) in [6.45, 7) is 3.20. The van der Waals surface area contributed by atoms with Crippen LogP contribution in [0.5, 0.6) is 0 Å². The Kier molecular flexibility index (Phi) is 5.08. The Balaban J connectivity index is 3.64. The van der Waals surface area contributed by atoms with Gasteiger partial charge in [-0.05, 0) is 30.2 Å². The van der Waals surface area contributed by atoms with E-state index in [0.29, 0.717) is 11.1 Å². The number of sulfone groups is 1. The van der Waals surface area contributed by atoms with Crippen molar-refractivity contribution >= 4 is 21.7 Å². The first-order valence-electron chi connectivity index (χ1n) is 6.17. The summed E-state index contributed by atoms with van der Waals surface area (Å²) in [7, 11) is -3.51. The van der Waals surface area contributed by atoms with Crippen molar-refractivity contribution in [2.75, 3.05) is 12.9 Å². The molecule has 1 aromatic rings. The Morgan fingerprint density at radius 3 is 2.38 bits per heavy atom. The van der Waals surface area contributed by atoms with E-state index in [1.807, 2.05) is 0 Å². The fraction of sp³-hybridized carbons (Fsp3) is 0.385. The Morgan fingerprint density at radius 2 is 1.95 bits per heavy atom. The molecule has 0 bridgehead atoms. The average molecular weight is 313 g/mol. The number of aliphatic hydroxyl groups excluding tert-OH is 1. The van der Waals surface area contributed by atoms with Crippen molar-refractivity contribution in [1.29, 1.82) is 0 Å². The van der Waals surface area contributed by atoms with Crippen molar-refractivity contribution in [3.05, 3.63) is 28.8 Å².